The van der Waals surface area contributed by atoms with Crippen LogP contribution in [-0.2, 0) is 6.61 Å². The van der Waals surface area contributed by atoms with Gasteiger partial charge < -0.3 is 10.5 Å². The van der Waals surface area contributed by atoms with Crippen molar-refractivity contribution >= 4 is 5.82 Å². The minimum absolute atomic E-state index is 0.246. The van der Waals surface area contributed by atoms with E-state index < -0.39 is 0 Å². The first kappa shape index (κ1) is 11.3. The Bertz CT molecular complexity index is 514. The van der Waals surface area contributed by atoms with Crippen LogP contribution in [0.25, 0.3) is 0 Å². The first-order valence-electron chi connectivity index (χ1n) is 5.10. The Kier molecular flexibility index (Phi) is 3.18. The smallest absolute Gasteiger partial charge is 0.141 e. The highest BCUT2D eigenvalue weighted by Crippen LogP contribution is 2.16. The molecule has 1 aromatic carbocycles. The molecule has 17 heavy (non-hydrogen) atoms. The van der Waals surface area contributed by atoms with Crippen molar-refractivity contribution in [2.45, 2.75) is 13.5 Å². The molecular weight excluding hydrogens is 221 g/mol. The second kappa shape index (κ2) is 4.78. The minimum Gasteiger partial charge on any atom is -0.487 e. The third-order valence-electron chi connectivity index (χ3n) is 2.24. The molecule has 0 unspecified atom stereocenters. The summed E-state index contributed by atoms with van der Waals surface area (Å²) in [7, 11) is 0. The SMILES string of the molecule is Cc1cc(OCc2cnc(N)cn2)ccc1F. The van der Waals surface area contributed by atoms with Crippen LogP contribution in [0.3, 0.4) is 0 Å². The summed E-state index contributed by atoms with van der Waals surface area (Å²) < 4.78 is 18.5. The molecular formula is C12H12FN3O. The zero-order chi connectivity index (χ0) is 12.3. The van der Waals surface area contributed by atoms with Crippen molar-refractivity contribution in [3.63, 3.8) is 0 Å². The Hall–Kier alpha value is -2.17. The first-order valence-corrected chi connectivity index (χ1v) is 5.10. The van der Waals surface area contributed by atoms with Crippen molar-refractivity contribution in [1.82, 2.24) is 9.97 Å². The summed E-state index contributed by atoms with van der Waals surface area (Å²) in [6, 6.07) is 4.59. The largest absolute Gasteiger partial charge is 0.487 e. The molecule has 0 aliphatic rings. The van der Waals surface area contributed by atoms with Crippen LogP contribution in [0.15, 0.2) is 30.6 Å². The van der Waals surface area contributed by atoms with Crippen LogP contribution >= 0.6 is 0 Å². The molecule has 88 valence electrons. The number of anilines is 1. The summed E-state index contributed by atoms with van der Waals surface area (Å²) >= 11 is 0. The molecule has 0 amide bonds. The van der Waals surface area contributed by atoms with E-state index in [1.165, 1.54) is 12.3 Å². The molecule has 0 spiro atoms. The van der Waals surface area contributed by atoms with Crippen LogP contribution in [0.4, 0.5) is 10.2 Å². The lowest BCUT2D eigenvalue weighted by Crippen LogP contribution is -2.01. The van der Waals surface area contributed by atoms with E-state index in [1.807, 2.05) is 0 Å². The average molecular weight is 233 g/mol. The molecule has 5 heteroatoms. The lowest BCUT2D eigenvalue weighted by atomic mass is 10.2. The Morgan fingerprint density at radius 3 is 2.76 bits per heavy atom. The van der Waals surface area contributed by atoms with Crippen LogP contribution in [0.5, 0.6) is 5.75 Å². The molecule has 2 aromatic rings. The highest BCUT2D eigenvalue weighted by Gasteiger charge is 2.01. The molecule has 0 fully saturated rings. The first-order chi connectivity index (χ1) is 8.15. The Morgan fingerprint density at radius 1 is 1.29 bits per heavy atom. The summed E-state index contributed by atoms with van der Waals surface area (Å²) in [5.41, 5.74) is 6.63. The molecule has 0 saturated heterocycles. The fourth-order valence-electron chi connectivity index (χ4n) is 1.30. The summed E-state index contributed by atoms with van der Waals surface area (Å²) in [5.74, 6) is 0.721. The van der Waals surface area contributed by atoms with Crippen molar-refractivity contribution in [2.75, 3.05) is 5.73 Å². The van der Waals surface area contributed by atoms with Gasteiger partial charge in [-0.2, -0.15) is 0 Å². The van der Waals surface area contributed by atoms with Gasteiger partial charge in [0.25, 0.3) is 0 Å². The predicted octanol–water partition coefficient (Wildman–Crippen LogP) is 2.09. The topological polar surface area (TPSA) is 61.0 Å². The van der Waals surface area contributed by atoms with Gasteiger partial charge in [0.1, 0.15) is 24.0 Å². The lowest BCUT2D eigenvalue weighted by Gasteiger charge is -2.06. The number of hydrogen-bond donors (Lipinski definition) is 1. The number of nitrogens with zero attached hydrogens (tertiary/aromatic N) is 2. The number of hydrogen-bond acceptors (Lipinski definition) is 4. The highest BCUT2D eigenvalue weighted by molar-refractivity contribution is 5.29. The number of ether oxygens (including phenoxy) is 1. The molecule has 2 rings (SSSR count). The van der Waals surface area contributed by atoms with Gasteiger partial charge in [-0.15, -0.1) is 0 Å². The van der Waals surface area contributed by atoms with E-state index in [1.54, 1.807) is 25.3 Å². The number of rotatable bonds is 3. The molecule has 0 aliphatic heterocycles. The summed E-state index contributed by atoms with van der Waals surface area (Å²) in [6.45, 7) is 1.96. The minimum atomic E-state index is -0.246. The molecule has 4 nitrogen and oxygen atoms in total. The summed E-state index contributed by atoms with van der Waals surface area (Å²) in [6.07, 6.45) is 3.01. The zero-order valence-electron chi connectivity index (χ0n) is 9.35. The van der Waals surface area contributed by atoms with Crippen molar-refractivity contribution < 1.29 is 9.13 Å². The zero-order valence-corrected chi connectivity index (χ0v) is 9.35. The van der Waals surface area contributed by atoms with Crippen molar-refractivity contribution in [3.05, 3.63) is 47.7 Å². The predicted molar refractivity (Wildman–Crippen MR) is 61.9 cm³/mol. The maximum absolute atomic E-state index is 13.0. The molecule has 0 saturated carbocycles. The molecule has 0 atom stereocenters. The quantitative estimate of drug-likeness (QED) is 0.881. The van der Waals surface area contributed by atoms with Gasteiger partial charge in [-0.1, -0.05) is 0 Å². The maximum atomic E-state index is 13.0. The van der Waals surface area contributed by atoms with Crippen LogP contribution in [0.2, 0.25) is 0 Å². The monoisotopic (exact) mass is 233 g/mol. The van der Waals surface area contributed by atoms with Crippen LogP contribution in [0.1, 0.15) is 11.3 Å². The average Bonchev–Trinajstić information content (AvgIpc) is 2.33. The van der Waals surface area contributed by atoms with Gasteiger partial charge in [0.2, 0.25) is 0 Å². The summed E-state index contributed by atoms with van der Waals surface area (Å²) in [4.78, 5) is 7.95. The van der Waals surface area contributed by atoms with Crippen LogP contribution in [-0.4, -0.2) is 9.97 Å². The van der Waals surface area contributed by atoms with E-state index in [9.17, 15) is 4.39 Å². The third kappa shape index (κ3) is 2.90. The van der Waals surface area contributed by atoms with Crippen molar-refractivity contribution in [1.29, 1.82) is 0 Å². The van der Waals surface area contributed by atoms with Gasteiger partial charge in [0.05, 0.1) is 18.1 Å². The molecule has 0 bridgehead atoms. The molecule has 1 heterocycles. The van der Waals surface area contributed by atoms with E-state index in [4.69, 9.17) is 10.5 Å². The highest BCUT2D eigenvalue weighted by atomic mass is 19.1. The number of benzene rings is 1. The van der Waals surface area contributed by atoms with Gasteiger partial charge in [-0.3, -0.25) is 4.98 Å². The van der Waals surface area contributed by atoms with Crippen LogP contribution in [0, 0.1) is 12.7 Å². The van der Waals surface area contributed by atoms with E-state index in [-0.39, 0.29) is 12.4 Å². The van der Waals surface area contributed by atoms with Gasteiger partial charge in [0.15, 0.2) is 0 Å². The van der Waals surface area contributed by atoms with Crippen molar-refractivity contribution in [3.8, 4) is 5.75 Å². The summed E-state index contributed by atoms with van der Waals surface area (Å²) in [5, 5.41) is 0. The van der Waals surface area contributed by atoms with Gasteiger partial charge in [0, 0.05) is 0 Å². The Labute approximate surface area is 98.3 Å². The fourth-order valence-corrected chi connectivity index (χ4v) is 1.30. The number of aryl methyl sites for hydroxylation is 1. The van der Waals surface area contributed by atoms with E-state index in [2.05, 4.69) is 9.97 Å². The fraction of sp³-hybridized carbons (Fsp3) is 0.167. The van der Waals surface area contributed by atoms with Crippen LogP contribution < -0.4 is 10.5 Å². The van der Waals surface area contributed by atoms with E-state index in [0.29, 0.717) is 22.8 Å². The van der Waals surface area contributed by atoms with E-state index in [0.717, 1.165) is 0 Å². The Morgan fingerprint density at radius 2 is 2.12 bits per heavy atom. The standard InChI is InChI=1S/C12H12FN3O/c1-8-4-10(2-3-11(8)13)17-7-9-5-16-12(14)6-15-9/h2-6H,7H2,1H3,(H2,14,16). The number of nitrogens with two attached hydrogens (primary N) is 1. The van der Waals surface area contributed by atoms with Crippen molar-refractivity contribution in [2.24, 2.45) is 0 Å². The second-order valence-electron chi connectivity index (χ2n) is 3.63. The number of aromatic nitrogens is 2. The van der Waals surface area contributed by atoms with Gasteiger partial charge in [-0.25, -0.2) is 9.37 Å². The van der Waals surface area contributed by atoms with Gasteiger partial charge >= 0.3 is 0 Å². The number of nitrogen functional groups attached to an aromatic ring is 1. The lowest BCUT2D eigenvalue weighted by molar-refractivity contribution is 0.300. The third-order valence-corrected chi connectivity index (χ3v) is 2.24. The normalized spacial score (nSPS) is 10.2. The molecule has 0 radical (unpaired) electrons. The molecule has 2 N–H and O–H groups in total. The molecule has 1 aromatic heterocycles. The van der Waals surface area contributed by atoms with Gasteiger partial charge in [-0.05, 0) is 30.7 Å². The second-order valence-corrected chi connectivity index (χ2v) is 3.63. The number of halogens is 1. The maximum Gasteiger partial charge on any atom is 0.141 e. The Balaban J connectivity index is 2.02. The molecule has 0 aliphatic carbocycles. The van der Waals surface area contributed by atoms with E-state index >= 15 is 0 Å².